The lowest BCUT2D eigenvalue weighted by Gasteiger charge is -2.07. The van der Waals surface area contributed by atoms with Crippen LogP contribution in [0.2, 0.25) is 0 Å². The minimum Gasteiger partial charge on any atom is -0.348 e. The zero-order valence-electron chi connectivity index (χ0n) is 10.2. The molecule has 96 valence electrons. The van der Waals surface area contributed by atoms with Gasteiger partial charge in [-0.05, 0) is 58.5 Å². The molecule has 2 N–H and O–H groups in total. The summed E-state index contributed by atoms with van der Waals surface area (Å²) in [5.41, 5.74) is 9.06. The monoisotopic (exact) mass is 324 g/mol. The number of halogens is 1. The molecule has 0 aromatic carbocycles. The summed E-state index contributed by atoms with van der Waals surface area (Å²) in [6.07, 6.45) is 9.38. The van der Waals surface area contributed by atoms with Crippen LogP contribution in [0.3, 0.4) is 0 Å². The molecular weight excluding hydrogens is 308 g/mol. The highest BCUT2D eigenvalue weighted by Crippen LogP contribution is 2.29. The molecule has 0 bridgehead atoms. The molecule has 0 aliphatic heterocycles. The fourth-order valence-electron chi connectivity index (χ4n) is 2.66. The van der Waals surface area contributed by atoms with Crippen molar-refractivity contribution < 1.29 is 0 Å². The Balaban J connectivity index is 1.84. The van der Waals surface area contributed by atoms with Crippen LogP contribution in [0.4, 0.5) is 0 Å². The first-order valence-corrected chi connectivity index (χ1v) is 8.01. The maximum Gasteiger partial charge on any atom is 0.0702 e. The molecule has 1 aliphatic carbocycles. The fourth-order valence-corrected chi connectivity index (χ4v) is 4.15. The molecule has 2 nitrogen and oxygen atoms in total. The van der Waals surface area contributed by atoms with Crippen molar-refractivity contribution in [2.24, 2.45) is 5.73 Å². The molecule has 0 spiro atoms. The van der Waals surface area contributed by atoms with Gasteiger partial charge in [0.2, 0.25) is 0 Å². The topological polar surface area (TPSA) is 30.9 Å². The van der Waals surface area contributed by atoms with Crippen molar-refractivity contribution in [3.63, 3.8) is 0 Å². The van der Waals surface area contributed by atoms with Gasteiger partial charge < -0.3 is 10.3 Å². The average Bonchev–Trinajstić information content (AvgIpc) is 2.88. The van der Waals surface area contributed by atoms with E-state index in [1.807, 2.05) is 0 Å². The van der Waals surface area contributed by atoms with Gasteiger partial charge in [-0.3, -0.25) is 0 Å². The van der Waals surface area contributed by atoms with Crippen LogP contribution in [0.5, 0.6) is 0 Å². The Hall–Kier alpha value is -0.580. The lowest BCUT2D eigenvalue weighted by molar-refractivity contribution is 0.610. The van der Waals surface area contributed by atoms with Gasteiger partial charge in [0.15, 0.2) is 0 Å². The van der Waals surface area contributed by atoms with Gasteiger partial charge in [-0.2, -0.15) is 0 Å². The summed E-state index contributed by atoms with van der Waals surface area (Å²) in [7, 11) is 0. The third kappa shape index (κ3) is 2.56. The second-order valence-electron chi connectivity index (χ2n) is 4.97. The van der Waals surface area contributed by atoms with E-state index in [9.17, 15) is 0 Å². The number of thiophene rings is 1. The van der Waals surface area contributed by atoms with Crippen molar-refractivity contribution in [2.75, 3.05) is 0 Å². The summed E-state index contributed by atoms with van der Waals surface area (Å²) in [5, 5.41) is 0. The van der Waals surface area contributed by atoms with E-state index in [0.29, 0.717) is 0 Å². The number of aromatic nitrogens is 1. The smallest absolute Gasteiger partial charge is 0.0702 e. The molecule has 0 fully saturated rings. The van der Waals surface area contributed by atoms with Crippen LogP contribution in [0.1, 0.15) is 41.3 Å². The fraction of sp³-hybridized carbons (Fsp3) is 0.429. The molecule has 3 rings (SSSR count). The summed E-state index contributed by atoms with van der Waals surface area (Å²) in [5.74, 6) is 0. The van der Waals surface area contributed by atoms with Gasteiger partial charge >= 0.3 is 0 Å². The summed E-state index contributed by atoms with van der Waals surface area (Å²) >= 11 is 5.31. The SMILES string of the molecule is NC1CCCCc2cn(Cc3ccc(Br)s3)cc21. The first kappa shape index (κ1) is 12.5. The first-order valence-electron chi connectivity index (χ1n) is 6.41. The molecule has 0 amide bonds. The van der Waals surface area contributed by atoms with Crippen LogP contribution in [-0.2, 0) is 13.0 Å². The molecule has 18 heavy (non-hydrogen) atoms. The molecule has 4 heteroatoms. The molecule has 2 aromatic rings. The third-order valence-corrected chi connectivity index (χ3v) is 5.18. The van der Waals surface area contributed by atoms with Crippen molar-refractivity contribution in [1.29, 1.82) is 0 Å². The van der Waals surface area contributed by atoms with Gasteiger partial charge in [0.05, 0.1) is 10.3 Å². The molecule has 1 aliphatic rings. The maximum absolute atomic E-state index is 6.24. The van der Waals surface area contributed by atoms with Crippen LogP contribution >= 0.6 is 27.3 Å². The highest BCUT2D eigenvalue weighted by atomic mass is 79.9. The number of nitrogens with two attached hydrogens (primary N) is 1. The first-order chi connectivity index (χ1) is 8.72. The minimum absolute atomic E-state index is 0.235. The van der Waals surface area contributed by atoms with Gasteiger partial charge in [0, 0.05) is 23.3 Å². The lowest BCUT2D eigenvalue weighted by atomic mass is 10.1. The number of aryl methyl sites for hydroxylation is 1. The summed E-state index contributed by atoms with van der Waals surface area (Å²) in [6, 6.07) is 4.53. The van der Waals surface area contributed by atoms with Crippen LogP contribution in [-0.4, -0.2) is 4.57 Å². The van der Waals surface area contributed by atoms with Gasteiger partial charge in [0.1, 0.15) is 0 Å². The highest BCUT2D eigenvalue weighted by molar-refractivity contribution is 9.11. The standard InChI is InChI=1S/C14H17BrN2S/c15-14-6-5-11(18-14)8-17-7-10-3-1-2-4-13(16)12(10)9-17/h5-7,9,13H,1-4,8,16H2. The van der Waals surface area contributed by atoms with E-state index in [4.69, 9.17) is 5.73 Å². The second-order valence-corrected chi connectivity index (χ2v) is 7.52. The third-order valence-electron chi connectivity index (χ3n) is 3.58. The van der Waals surface area contributed by atoms with Gasteiger partial charge in [-0.15, -0.1) is 11.3 Å². The molecule has 1 unspecified atom stereocenters. The number of hydrogen-bond donors (Lipinski definition) is 1. The predicted molar refractivity (Wildman–Crippen MR) is 80.0 cm³/mol. The number of hydrogen-bond acceptors (Lipinski definition) is 2. The van der Waals surface area contributed by atoms with Crippen molar-refractivity contribution in [2.45, 2.75) is 38.3 Å². The minimum atomic E-state index is 0.235. The van der Waals surface area contributed by atoms with E-state index in [1.54, 1.807) is 11.3 Å². The van der Waals surface area contributed by atoms with Gasteiger partial charge in [-0.1, -0.05) is 6.42 Å². The molecule has 2 heterocycles. The van der Waals surface area contributed by atoms with Crippen molar-refractivity contribution in [3.8, 4) is 0 Å². The Kier molecular flexibility index (Phi) is 3.59. The van der Waals surface area contributed by atoms with Gasteiger partial charge in [-0.25, -0.2) is 0 Å². The van der Waals surface area contributed by atoms with E-state index in [2.05, 4.69) is 45.0 Å². The molecule has 0 saturated heterocycles. The van der Waals surface area contributed by atoms with E-state index in [0.717, 1.165) is 13.0 Å². The quantitative estimate of drug-likeness (QED) is 0.829. The normalized spacial score (nSPS) is 19.6. The average molecular weight is 325 g/mol. The maximum atomic E-state index is 6.24. The number of nitrogens with zero attached hydrogens (tertiary/aromatic N) is 1. The van der Waals surface area contributed by atoms with Crippen molar-refractivity contribution in [1.82, 2.24) is 4.57 Å². The van der Waals surface area contributed by atoms with Crippen LogP contribution in [0, 0.1) is 0 Å². The van der Waals surface area contributed by atoms with Crippen molar-refractivity contribution in [3.05, 3.63) is 44.3 Å². The van der Waals surface area contributed by atoms with E-state index in [-0.39, 0.29) is 6.04 Å². The Morgan fingerprint density at radius 1 is 1.33 bits per heavy atom. The summed E-state index contributed by atoms with van der Waals surface area (Å²) < 4.78 is 3.48. The highest BCUT2D eigenvalue weighted by Gasteiger charge is 2.17. The molecular formula is C14H17BrN2S. The van der Waals surface area contributed by atoms with Crippen molar-refractivity contribution >= 4 is 27.3 Å². The summed E-state index contributed by atoms with van der Waals surface area (Å²) in [4.78, 5) is 1.38. The second kappa shape index (κ2) is 5.19. The van der Waals surface area contributed by atoms with Crippen LogP contribution in [0.25, 0.3) is 0 Å². The zero-order valence-corrected chi connectivity index (χ0v) is 12.6. The molecule has 2 aromatic heterocycles. The Bertz CT molecular complexity index is 544. The lowest BCUT2D eigenvalue weighted by Crippen LogP contribution is -2.09. The largest absolute Gasteiger partial charge is 0.348 e. The molecule has 0 saturated carbocycles. The summed E-state index contributed by atoms with van der Waals surface area (Å²) in [6.45, 7) is 0.954. The van der Waals surface area contributed by atoms with E-state index < -0.39 is 0 Å². The number of rotatable bonds is 2. The number of fused-ring (bicyclic) bond motifs is 1. The van der Waals surface area contributed by atoms with E-state index >= 15 is 0 Å². The van der Waals surface area contributed by atoms with Crippen LogP contribution in [0.15, 0.2) is 28.3 Å². The Morgan fingerprint density at radius 3 is 3.00 bits per heavy atom. The Morgan fingerprint density at radius 2 is 2.22 bits per heavy atom. The predicted octanol–water partition coefficient (Wildman–Crippen LogP) is 4.09. The zero-order chi connectivity index (χ0) is 12.5. The Labute approximate surface area is 120 Å². The van der Waals surface area contributed by atoms with Gasteiger partial charge in [0.25, 0.3) is 0 Å². The van der Waals surface area contributed by atoms with E-state index in [1.165, 1.54) is 39.1 Å². The van der Waals surface area contributed by atoms with Crippen LogP contribution < -0.4 is 5.73 Å². The molecule has 0 radical (unpaired) electrons. The molecule has 1 atom stereocenters.